The van der Waals surface area contributed by atoms with Crippen molar-refractivity contribution in [1.29, 1.82) is 0 Å². The molecule has 0 heterocycles. The van der Waals surface area contributed by atoms with Crippen molar-refractivity contribution in [3.05, 3.63) is 29.0 Å². The van der Waals surface area contributed by atoms with Crippen LogP contribution in [-0.2, 0) is 4.74 Å². The average Bonchev–Trinajstić information content (AvgIpc) is 2.24. The third-order valence-corrected chi connectivity index (χ3v) is 1.87. The summed E-state index contributed by atoms with van der Waals surface area (Å²) >= 11 is 5.50. The lowest BCUT2D eigenvalue weighted by Crippen LogP contribution is -2.27. The second-order valence-corrected chi connectivity index (χ2v) is 4.66. The largest absolute Gasteiger partial charge is 0.444 e. The Kier molecular flexibility index (Phi) is 6.70. The summed E-state index contributed by atoms with van der Waals surface area (Å²) in [7, 11) is 0. The van der Waals surface area contributed by atoms with E-state index in [1.807, 2.05) is 13.8 Å². The quantitative estimate of drug-likeness (QED) is 0.795. The first-order chi connectivity index (χ1) is 8.28. The third kappa shape index (κ3) is 6.45. The van der Waals surface area contributed by atoms with Crippen molar-refractivity contribution in [2.24, 2.45) is 0 Å². The van der Waals surface area contributed by atoms with Gasteiger partial charge in [-0.1, -0.05) is 25.4 Å². The standard InChI is InChI=1S/C11H13ClFNO2.C2H6/c1-11(2,3)16-10(15)14-7-4-5-8(12)9(13)6-7;1-2/h4-6H,1-3H3,(H,14,15);1-2H3. The van der Waals surface area contributed by atoms with Crippen molar-refractivity contribution in [1.82, 2.24) is 0 Å². The van der Waals surface area contributed by atoms with E-state index in [9.17, 15) is 9.18 Å². The van der Waals surface area contributed by atoms with Gasteiger partial charge in [0.15, 0.2) is 0 Å². The van der Waals surface area contributed by atoms with Gasteiger partial charge in [-0.05, 0) is 39.0 Å². The van der Waals surface area contributed by atoms with Crippen LogP contribution in [0.3, 0.4) is 0 Å². The van der Waals surface area contributed by atoms with Gasteiger partial charge in [0.1, 0.15) is 11.4 Å². The molecule has 0 unspecified atom stereocenters. The average molecular weight is 276 g/mol. The number of amides is 1. The molecule has 0 bridgehead atoms. The van der Waals surface area contributed by atoms with Crippen LogP contribution >= 0.6 is 11.6 Å². The maximum Gasteiger partial charge on any atom is 0.412 e. The minimum atomic E-state index is -0.630. The van der Waals surface area contributed by atoms with Crippen LogP contribution in [0.15, 0.2) is 18.2 Å². The fraction of sp³-hybridized carbons (Fsp3) is 0.462. The molecule has 0 aliphatic rings. The summed E-state index contributed by atoms with van der Waals surface area (Å²) in [6, 6.07) is 3.99. The molecular weight excluding hydrogens is 257 g/mol. The first-order valence-electron chi connectivity index (χ1n) is 5.73. The Labute approximate surface area is 112 Å². The number of nitrogens with one attached hydrogen (secondary N) is 1. The van der Waals surface area contributed by atoms with E-state index in [0.717, 1.165) is 6.07 Å². The van der Waals surface area contributed by atoms with Gasteiger partial charge in [-0.25, -0.2) is 9.18 Å². The normalized spacial score (nSPS) is 10.2. The predicted octanol–water partition coefficient (Wildman–Crippen LogP) is 4.85. The van der Waals surface area contributed by atoms with Crippen LogP contribution in [0, 0.1) is 5.82 Å². The highest BCUT2D eigenvalue weighted by atomic mass is 35.5. The third-order valence-electron chi connectivity index (χ3n) is 1.56. The summed E-state index contributed by atoms with van der Waals surface area (Å²) < 4.78 is 18.0. The Morgan fingerprint density at radius 1 is 1.33 bits per heavy atom. The lowest BCUT2D eigenvalue weighted by atomic mass is 10.2. The molecule has 1 aromatic carbocycles. The molecule has 3 nitrogen and oxygen atoms in total. The van der Waals surface area contributed by atoms with Crippen molar-refractivity contribution < 1.29 is 13.9 Å². The van der Waals surface area contributed by atoms with E-state index in [4.69, 9.17) is 16.3 Å². The van der Waals surface area contributed by atoms with Gasteiger partial charge in [-0.3, -0.25) is 5.32 Å². The van der Waals surface area contributed by atoms with Crippen molar-refractivity contribution >= 4 is 23.4 Å². The van der Waals surface area contributed by atoms with E-state index in [-0.39, 0.29) is 5.02 Å². The van der Waals surface area contributed by atoms with Crippen LogP contribution in [0.1, 0.15) is 34.6 Å². The molecule has 0 atom stereocenters. The van der Waals surface area contributed by atoms with Crippen molar-refractivity contribution in [3.63, 3.8) is 0 Å². The van der Waals surface area contributed by atoms with Gasteiger partial charge in [0.25, 0.3) is 0 Å². The zero-order valence-corrected chi connectivity index (χ0v) is 12.1. The highest BCUT2D eigenvalue weighted by molar-refractivity contribution is 6.30. The fourth-order valence-corrected chi connectivity index (χ4v) is 1.11. The topological polar surface area (TPSA) is 38.3 Å². The van der Waals surface area contributed by atoms with Crippen LogP contribution in [0.2, 0.25) is 5.02 Å². The van der Waals surface area contributed by atoms with Gasteiger partial charge in [0, 0.05) is 5.69 Å². The van der Waals surface area contributed by atoms with E-state index >= 15 is 0 Å². The smallest absolute Gasteiger partial charge is 0.412 e. The molecule has 102 valence electrons. The molecule has 18 heavy (non-hydrogen) atoms. The molecule has 0 fully saturated rings. The summed E-state index contributed by atoms with van der Waals surface area (Å²) in [5.41, 5.74) is -0.286. The lowest BCUT2D eigenvalue weighted by molar-refractivity contribution is 0.0636. The predicted molar refractivity (Wildman–Crippen MR) is 72.6 cm³/mol. The maximum atomic E-state index is 13.0. The Hall–Kier alpha value is -1.29. The number of halogens is 2. The molecule has 5 heteroatoms. The van der Waals surface area contributed by atoms with Gasteiger partial charge in [0.2, 0.25) is 0 Å². The SMILES string of the molecule is CC.CC(C)(C)OC(=O)Nc1ccc(Cl)c(F)c1. The summed E-state index contributed by atoms with van der Waals surface area (Å²) in [5, 5.41) is 2.42. The molecular formula is C13H19ClFNO2. The molecule has 1 rings (SSSR count). The minimum Gasteiger partial charge on any atom is -0.444 e. The number of carbonyl (C=O) groups is 1. The Morgan fingerprint density at radius 2 is 1.89 bits per heavy atom. The zero-order chi connectivity index (χ0) is 14.3. The Balaban J connectivity index is 0.00000137. The van der Waals surface area contributed by atoms with Gasteiger partial charge >= 0.3 is 6.09 Å². The molecule has 1 N–H and O–H groups in total. The number of rotatable bonds is 1. The molecule has 1 aromatic rings. The van der Waals surface area contributed by atoms with Crippen molar-refractivity contribution in [2.45, 2.75) is 40.2 Å². The summed E-state index contributed by atoms with van der Waals surface area (Å²) in [6.07, 6.45) is -0.630. The number of hydrogen-bond acceptors (Lipinski definition) is 2. The maximum absolute atomic E-state index is 13.0. The Bertz CT molecular complexity index is 402. The van der Waals surface area contributed by atoms with Gasteiger partial charge < -0.3 is 4.74 Å². The Morgan fingerprint density at radius 3 is 2.33 bits per heavy atom. The molecule has 0 saturated carbocycles. The molecule has 0 aliphatic heterocycles. The highest BCUT2D eigenvalue weighted by Gasteiger charge is 2.16. The minimum absolute atomic E-state index is 0.00902. The zero-order valence-electron chi connectivity index (χ0n) is 11.3. The molecule has 0 aromatic heterocycles. The van der Waals surface area contributed by atoms with E-state index < -0.39 is 17.5 Å². The number of ether oxygens (including phenoxy) is 1. The summed E-state index contributed by atoms with van der Waals surface area (Å²) in [6.45, 7) is 9.24. The highest BCUT2D eigenvalue weighted by Crippen LogP contribution is 2.19. The van der Waals surface area contributed by atoms with Gasteiger partial charge in [-0.15, -0.1) is 0 Å². The fourth-order valence-electron chi connectivity index (χ4n) is 0.995. The number of anilines is 1. The van der Waals surface area contributed by atoms with E-state index in [1.54, 1.807) is 20.8 Å². The molecule has 0 spiro atoms. The number of hydrogen-bond donors (Lipinski definition) is 1. The molecule has 1 amide bonds. The van der Waals surface area contributed by atoms with Crippen LogP contribution in [0.4, 0.5) is 14.9 Å². The first kappa shape index (κ1) is 16.7. The summed E-state index contributed by atoms with van der Waals surface area (Å²) in [4.78, 5) is 11.3. The van der Waals surface area contributed by atoms with Crippen molar-refractivity contribution in [3.8, 4) is 0 Å². The van der Waals surface area contributed by atoms with Crippen molar-refractivity contribution in [2.75, 3.05) is 5.32 Å². The number of carbonyl (C=O) groups excluding carboxylic acids is 1. The second-order valence-electron chi connectivity index (χ2n) is 4.26. The van der Waals surface area contributed by atoms with Crippen LogP contribution < -0.4 is 5.32 Å². The second kappa shape index (κ2) is 7.21. The van der Waals surface area contributed by atoms with Crippen LogP contribution in [-0.4, -0.2) is 11.7 Å². The van der Waals surface area contributed by atoms with E-state index in [1.165, 1.54) is 12.1 Å². The molecule has 0 saturated heterocycles. The summed E-state index contributed by atoms with van der Waals surface area (Å²) in [5.74, 6) is -0.588. The first-order valence-corrected chi connectivity index (χ1v) is 6.11. The van der Waals surface area contributed by atoms with Crippen LogP contribution in [0.5, 0.6) is 0 Å². The number of benzene rings is 1. The van der Waals surface area contributed by atoms with Gasteiger partial charge in [-0.2, -0.15) is 0 Å². The lowest BCUT2D eigenvalue weighted by Gasteiger charge is -2.19. The molecule has 0 radical (unpaired) electrons. The van der Waals surface area contributed by atoms with Gasteiger partial charge in [0.05, 0.1) is 5.02 Å². The molecule has 0 aliphatic carbocycles. The monoisotopic (exact) mass is 275 g/mol. The van der Waals surface area contributed by atoms with Crippen LogP contribution in [0.25, 0.3) is 0 Å². The van der Waals surface area contributed by atoms with E-state index in [2.05, 4.69) is 5.32 Å². The van der Waals surface area contributed by atoms with E-state index in [0.29, 0.717) is 5.69 Å².